The highest BCUT2D eigenvalue weighted by molar-refractivity contribution is 5.97. The minimum Gasteiger partial charge on any atom is -0.481 e. The van der Waals surface area contributed by atoms with Gasteiger partial charge < -0.3 is 21.6 Å². The maximum atomic E-state index is 13.2. The predicted molar refractivity (Wildman–Crippen MR) is 126 cm³/mol. The van der Waals surface area contributed by atoms with Gasteiger partial charge in [-0.15, -0.1) is 0 Å². The number of carboxylic acids is 1. The Morgan fingerprint density at radius 1 is 1.06 bits per heavy atom. The lowest BCUT2D eigenvalue weighted by Crippen LogP contribution is -2.42. The Hall–Kier alpha value is -3.68. The standard InChI is InChI=1S/C25H30N4O4/c1-2-19(25(32)33)22(17-7-4-3-5-8-17)29-24(31)21-10-6-9-20(21)23(30)28-18-13-11-16(12-14-18)15-27-26/h3-5,7-8,11-15,19-22H,2,6,9-10,26H2,1H3,(H,28,30)(H,29,31)(H,32,33). The molecule has 0 radical (unpaired) electrons. The van der Waals surface area contributed by atoms with Crippen molar-refractivity contribution in [3.63, 3.8) is 0 Å². The number of nitrogens with one attached hydrogen (secondary N) is 2. The first-order valence-corrected chi connectivity index (χ1v) is 11.2. The molecule has 2 amide bonds. The first-order valence-electron chi connectivity index (χ1n) is 11.2. The molecule has 1 aliphatic rings. The summed E-state index contributed by atoms with van der Waals surface area (Å²) < 4.78 is 0. The van der Waals surface area contributed by atoms with E-state index in [2.05, 4.69) is 15.7 Å². The third-order valence-corrected chi connectivity index (χ3v) is 6.21. The van der Waals surface area contributed by atoms with Gasteiger partial charge in [0.2, 0.25) is 11.8 Å². The van der Waals surface area contributed by atoms with Crippen molar-refractivity contribution >= 4 is 29.7 Å². The molecule has 2 aromatic carbocycles. The number of carbonyl (C=O) groups excluding carboxylic acids is 2. The summed E-state index contributed by atoms with van der Waals surface area (Å²) in [6.07, 6.45) is 3.82. The number of benzene rings is 2. The van der Waals surface area contributed by atoms with Gasteiger partial charge >= 0.3 is 5.97 Å². The van der Waals surface area contributed by atoms with Gasteiger partial charge in [-0.3, -0.25) is 14.4 Å². The van der Waals surface area contributed by atoms with Crippen molar-refractivity contribution < 1.29 is 19.5 Å². The Balaban J connectivity index is 1.73. The van der Waals surface area contributed by atoms with Crippen LogP contribution in [0.25, 0.3) is 0 Å². The molecule has 0 bridgehead atoms. The molecule has 174 valence electrons. The maximum Gasteiger partial charge on any atom is 0.308 e. The molecular weight excluding hydrogens is 420 g/mol. The van der Waals surface area contributed by atoms with E-state index in [1.807, 2.05) is 30.3 Å². The number of hydrogen-bond acceptors (Lipinski definition) is 5. The first-order chi connectivity index (χ1) is 15.9. The highest BCUT2D eigenvalue weighted by Crippen LogP contribution is 2.34. The van der Waals surface area contributed by atoms with Crippen LogP contribution in [0.5, 0.6) is 0 Å². The molecule has 0 heterocycles. The Bertz CT molecular complexity index is 991. The monoisotopic (exact) mass is 450 g/mol. The van der Waals surface area contributed by atoms with Crippen LogP contribution in [0.2, 0.25) is 0 Å². The molecule has 4 atom stereocenters. The number of anilines is 1. The van der Waals surface area contributed by atoms with Gasteiger partial charge in [-0.05, 0) is 42.5 Å². The average Bonchev–Trinajstić information content (AvgIpc) is 3.31. The Morgan fingerprint density at radius 3 is 2.27 bits per heavy atom. The highest BCUT2D eigenvalue weighted by Gasteiger charge is 2.40. The second kappa shape index (κ2) is 11.3. The van der Waals surface area contributed by atoms with E-state index in [0.29, 0.717) is 24.9 Å². The van der Waals surface area contributed by atoms with Crippen LogP contribution in [0.3, 0.4) is 0 Å². The molecule has 0 spiro atoms. The van der Waals surface area contributed by atoms with E-state index in [-0.39, 0.29) is 11.8 Å². The van der Waals surface area contributed by atoms with Gasteiger partial charge in [0, 0.05) is 17.5 Å². The minimum atomic E-state index is -0.963. The van der Waals surface area contributed by atoms with E-state index in [9.17, 15) is 19.5 Å². The smallest absolute Gasteiger partial charge is 0.308 e. The van der Waals surface area contributed by atoms with Crippen molar-refractivity contribution in [3.05, 3.63) is 65.7 Å². The Kier molecular flexibility index (Phi) is 8.18. The van der Waals surface area contributed by atoms with Crippen molar-refractivity contribution in [1.82, 2.24) is 5.32 Å². The van der Waals surface area contributed by atoms with Crippen molar-refractivity contribution in [1.29, 1.82) is 0 Å². The molecule has 33 heavy (non-hydrogen) atoms. The minimum absolute atomic E-state index is 0.213. The van der Waals surface area contributed by atoms with Crippen LogP contribution >= 0.6 is 0 Å². The third kappa shape index (κ3) is 5.97. The zero-order chi connectivity index (χ0) is 23.8. The Morgan fingerprint density at radius 2 is 1.70 bits per heavy atom. The molecule has 0 aliphatic heterocycles. The van der Waals surface area contributed by atoms with Crippen molar-refractivity contribution in [2.24, 2.45) is 28.7 Å². The van der Waals surface area contributed by atoms with Crippen LogP contribution in [0.1, 0.15) is 49.8 Å². The molecule has 0 aromatic heterocycles. The lowest BCUT2D eigenvalue weighted by Gasteiger charge is -2.27. The summed E-state index contributed by atoms with van der Waals surface area (Å²) in [6, 6.07) is 15.5. The number of hydrogen-bond donors (Lipinski definition) is 4. The molecule has 0 saturated heterocycles. The third-order valence-electron chi connectivity index (χ3n) is 6.21. The molecule has 8 heteroatoms. The van der Waals surface area contributed by atoms with Gasteiger partial charge in [0.05, 0.1) is 18.2 Å². The summed E-state index contributed by atoms with van der Waals surface area (Å²) in [5.41, 5.74) is 2.17. The van der Waals surface area contributed by atoms with Gasteiger partial charge in [-0.2, -0.15) is 5.10 Å². The van der Waals surface area contributed by atoms with Gasteiger partial charge in [0.1, 0.15) is 0 Å². The summed E-state index contributed by atoms with van der Waals surface area (Å²) in [6.45, 7) is 1.79. The normalized spacial score (nSPS) is 19.7. The number of nitrogens with two attached hydrogens (primary N) is 1. The molecular formula is C25H30N4O4. The molecule has 1 aliphatic carbocycles. The quantitative estimate of drug-likeness (QED) is 0.264. The predicted octanol–water partition coefficient (Wildman–Crippen LogP) is 3.30. The van der Waals surface area contributed by atoms with Gasteiger partial charge in [-0.1, -0.05) is 55.8 Å². The molecule has 3 rings (SSSR count). The van der Waals surface area contributed by atoms with E-state index >= 15 is 0 Å². The van der Waals surface area contributed by atoms with Gasteiger partial charge in [0.15, 0.2) is 0 Å². The Labute approximate surface area is 193 Å². The summed E-state index contributed by atoms with van der Waals surface area (Å²) in [7, 11) is 0. The van der Waals surface area contributed by atoms with E-state index in [1.54, 1.807) is 31.2 Å². The number of carboxylic acid groups (broad SMARTS) is 1. The number of aliphatic carboxylic acids is 1. The fraction of sp³-hybridized carbons (Fsp3) is 0.360. The van der Waals surface area contributed by atoms with Gasteiger partial charge in [-0.25, -0.2) is 0 Å². The number of amides is 2. The number of hydrazone groups is 1. The number of rotatable bonds is 9. The van der Waals surface area contributed by atoms with E-state index in [0.717, 1.165) is 17.5 Å². The molecule has 1 fully saturated rings. The second-order valence-electron chi connectivity index (χ2n) is 8.28. The second-order valence-corrected chi connectivity index (χ2v) is 8.28. The molecule has 1 saturated carbocycles. The van der Waals surface area contributed by atoms with Crippen LogP contribution in [-0.2, 0) is 14.4 Å². The molecule has 4 unspecified atom stereocenters. The van der Waals surface area contributed by atoms with Gasteiger partial charge in [0.25, 0.3) is 0 Å². The van der Waals surface area contributed by atoms with Crippen molar-refractivity contribution in [2.75, 3.05) is 5.32 Å². The summed E-state index contributed by atoms with van der Waals surface area (Å²) in [4.78, 5) is 38.1. The lowest BCUT2D eigenvalue weighted by atomic mass is 9.88. The maximum absolute atomic E-state index is 13.2. The van der Waals surface area contributed by atoms with E-state index in [1.165, 1.54) is 6.21 Å². The first kappa shape index (κ1) is 24.0. The zero-order valence-electron chi connectivity index (χ0n) is 18.6. The van der Waals surface area contributed by atoms with Crippen LogP contribution in [0, 0.1) is 17.8 Å². The van der Waals surface area contributed by atoms with Crippen molar-refractivity contribution in [3.8, 4) is 0 Å². The molecule has 5 N–H and O–H groups in total. The van der Waals surface area contributed by atoms with E-state index < -0.39 is 29.8 Å². The number of carbonyl (C=O) groups is 3. The SMILES string of the molecule is CCC(C(=O)O)C(NC(=O)C1CCCC1C(=O)Nc1ccc(C=NN)cc1)c1ccccc1. The average molecular weight is 451 g/mol. The topological polar surface area (TPSA) is 134 Å². The molecule has 2 aromatic rings. The lowest BCUT2D eigenvalue weighted by molar-refractivity contribution is -0.143. The fourth-order valence-electron chi connectivity index (χ4n) is 4.45. The fourth-order valence-corrected chi connectivity index (χ4v) is 4.45. The van der Waals surface area contributed by atoms with Crippen LogP contribution < -0.4 is 16.5 Å². The number of nitrogens with zero attached hydrogens (tertiary/aromatic N) is 1. The van der Waals surface area contributed by atoms with Crippen LogP contribution in [0.15, 0.2) is 59.7 Å². The largest absolute Gasteiger partial charge is 0.481 e. The highest BCUT2D eigenvalue weighted by atomic mass is 16.4. The summed E-state index contributed by atoms with van der Waals surface area (Å²) in [5, 5.41) is 19.0. The zero-order valence-corrected chi connectivity index (χ0v) is 18.6. The van der Waals surface area contributed by atoms with Crippen LogP contribution in [0.4, 0.5) is 5.69 Å². The van der Waals surface area contributed by atoms with E-state index in [4.69, 9.17) is 5.84 Å². The summed E-state index contributed by atoms with van der Waals surface area (Å²) in [5.74, 6) is 1.95. The summed E-state index contributed by atoms with van der Waals surface area (Å²) >= 11 is 0. The van der Waals surface area contributed by atoms with Crippen LogP contribution in [-0.4, -0.2) is 29.1 Å². The van der Waals surface area contributed by atoms with Crippen molar-refractivity contribution in [2.45, 2.75) is 38.6 Å². The molecule has 8 nitrogen and oxygen atoms in total.